The summed E-state index contributed by atoms with van der Waals surface area (Å²) in [6.45, 7) is 0.513. The van der Waals surface area contributed by atoms with Gasteiger partial charge in [0.1, 0.15) is 23.9 Å². The van der Waals surface area contributed by atoms with Gasteiger partial charge in [-0.25, -0.2) is 0 Å². The lowest BCUT2D eigenvalue weighted by Crippen LogP contribution is -2.32. The smallest absolute Gasteiger partial charge is 0.251 e. The molecular formula is C14H9N5O. The van der Waals surface area contributed by atoms with Gasteiger partial charge in [0.15, 0.2) is 5.57 Å². The predicted octanol–water partition coefficient (Wildman–Crippen LogP) is 1.21. The van der Waals surface area contributed by atoms with Crippen LogP contribution in [0, 0.1) is 34.0 Å². The molecule has 6 nitrogen and oxygen atoms in total. The average molecular weight is 263 g/mol. The Morgan fingerprint density at radius 3 is 2.60 bits per heavy atom. The lowest BCUT2D eigenvalue weighted by atomic mass is 9.98. The first-order valence-electron chi connectivity index (χ1n) is 5.83. The van der Waals surface area contributed by atoms with E-state index in [0.29, 0.717) is 24.2 Å². The summed E-state index contributed by atoms with van der Waals surface area (Å²) in [5, 5.41) is 32.1. The van der Waals surface area contributed by atoms with E-state index in [9.17, 15) is 4.79 Å². The van der Waals surface area contributed by atoms with E-state index in [1.165, 1.54) is 0 Å². The topological polar surface area (TPSA) is 112 Å². The Hall–Kier alpha value is -3.30. The maximum atomic E-state index is 11.7. The molecule has 0 aromatic heterocycles. The van der Waals surface area contributed by atoms with Gasteiger partial charge in [-0.1, -0.05) is 6.07 Å². The van der Waals surface area contributed by atoms with Crippen LogP contribution in [0.3, 0.4) is 0 Å². The van der Waals surface area contributed by atoms with Crippen LogP contribution in [0.4, 0.5) is 5.69 Å². The summed E-state index contributed by atoms with van der Waals surface area (Å²) in [5.74, 6) is -0.168. The van der Waals surface area contributed by atoms with Gasteiger partial charge in [-0.2, -0.15) is 15.8 Å². The van der Waals surface area contributed by atoms with Crippen molar-refractivity contribution < 1.29 is 4.79 Å². The number of nitriles is 3. The van der Waals surface area contributed by atoms with Crippen molar-refractivity contribution >= 4 is 11.6 Å². The minimum Gasteiger partial charge on any atom is -0.352 e. The lowest BCUT2D eigenvalue weighted by molar-refractivity contribution is 0.0946. The maximum absolute atomic E-state index is 11.7. The summed E-state index contributed by atoms with van der Waals surface area (Å²) in [6, 6.07) is 10.2. The molecule has 96 valence electrons. The zero-order valence-corrected chi connectivity index (χ0v) is 10.4. The summed E-state index contributed by atoms with van der Waals surface area (Å²) in [6.07, 6.45) is 0.622. The summed E-state index contributed by atoms with van der Waals surface area (Å²) in [4.78, 5) is 11.7. The van der Waals surface area contributed by atoms with Gasteiger partial charge >= 0.3 is 0 Å². The van der Waals surface area contributed by atoms with E-state index in [2.05, 4.69) is 10.6 Å². The van der Waals surface area contributed by atoms with Crippen molar-refractivity contribution in [1.29, 1.82) is 15.8 Å². The first kappa shape index (κ1) is 13.1. The second kappa shape index (κ2) is 5.56. The van der Waals surface area contributed by atoms with Crippen LogP contribution >= 0.6 is 0 Å². The Morgan fingerprint density at radius 2 is 1.95 bits per heavy atom. The van der Waals surface area contributed by atoms with Crippen molar-refractivity contribution in [2.24, 2.45) is 0 Å². The van der Waals surface area contributed by atoms with Gasteiger partial charge in [-0.3, -0.25) is 4.79 Å². The molecule has 6 heteroatoms. The number of carbonyl (C=O) groups excluding carboxylic acids is 1. The molecule has 0 atom stereocenters. The van der Waals surface area contributed by atoms with Crippen LogP contribution in [-0.4, -0.2) is 12.5 Å². The molecule has 1 amide bonds. The van der Waals surface area contributed by atoms with Crippen LogP contribution in [0.2, 0.25) is 0 Å². The molecule has 1 aliphatic rings. The van der Waals surface area contributed by atoms with Crippen molar-refractivity contribution in [3.8, 4) is 18.2 Å². The highest BCUT2D eigenvalue weighted by atomic mass is 16.1. The molecule has 0 spiro atoms. The molecule has 0 unspecified atom stereocenters. The molecule has 0 aliphatic carbocycles. The molecule has 0 fully saturated rings. The Bertz CT molecular complexity index is 711. The monoisotopic (exact) mass is 263 g/mol. The number of nitrogens with zero attached hydrogens (tertiary/aromatic N) is 3. The highest BCUT2D eigenvalue weighted by Gasteiger charge is 2.19. The first-order valence-corrected chi connectivity index (χ1v) is 5.83. The molecule has 1 aromatic rings. The molecule has 1 heterocycles. The number of rotatable bonds is 2. The summed E-state index contributed by atoms with van der Waals surface area (Å²) < 4.78 is 0. The van der Waals surface area contributed by atoms with Gasteiger partial charge in [0, 0.05) is 17.8 Å². The Kier molecular flexibility index (Phi) is 3.65. The predicted molar refractivity (Wildman–Crippen MR) is 70.0 cm³/mol. The second-order valence-corrected chi connectivity index (χ2v) is 4.05. The average Bonchev–Trinajstić information content (AvgIpc) is 2.48. The zero-order chi connectivity index (χ0) is 14.5. The van der Waals surface area contributed by atoms with E-state index in [1.54, 1.807) is 36.4 Å². The van der Waals surface area contributed by atoms with Gasteiger partial charge in [-0.15, -0.1) is 0 Å². The van der Waals surface area contributed by atoms with E-state index >= 15 is 0 Å². The van der Waals surface area contributed by atoms with Crippen LogP contribution in [-0.2, 0) is 6.42 Å². The minimum atomic E-state index is -0.287. The number of benzene rings is 1. The molecule has 2 rings (SSSR count). The summed E-state index contributed by atoms with van der Waals surface area (Å²) in [5.41, 5.74) is 1.48. The Labute approximate surface area is 115 Å². The molecule has 0 bridgehead atoms. The highest BCUT2D eigenvalue weighted by Crippen LogP contribution is 2.24. The molecular weight excluding hydrogens is 254 g/mol. The normalized spacial score (nSPS) is 11.9. The van der Waals surface area contributed by atoms with Crippen molar-refractivity contribution in [2.45, 2.75) is 6.42 Å². The maximum Gasteiger partial charge on any atom is 0.251 e. The fourth-order valence-electron chi connectivity index (χ4n) is 2.00. The van der Waals surface area contributed by atoms with Gasteiger partial charge in [0.2, 0.25) is 0 Å². The van der Waals surface area contributed by atoms with Gasteiger partial charge in [0.05, 0.1) is 0 Å². The fourth-order valence-corrected chi connectivity index (χ4v) is 2.00. The van der Waals surface area contributed by atoms with Gasteiger partial charge in [-0.05, 0) is 24.1 Å². The number of nitrogens with one attached hydrogen (secondary N) is 2. The molecule has 1 aromatic carbocycles. The van der Waals surface area contributed by atoms with Crippen molar-refractivity contribution in [2.75, 3.05) is 11.9 Å². The number of anilines is 1. The van der Waals surface area contributed by atoms with Crippen molar-refractivity contribution in [3.05, 3.63) is 40.6 Å². The summed E-state index contributed by atoms with van der Waals surface area (Å²) in [7, 11) is 0. The number of carbonyl (C=O) groups is 1. The van der Waals surface area contributed by atoms with Crippen molar-refractivity contribution in [3.63, 3.8) is 0 Å². The third-order valence-corrected chi connectivity index (χ3v) is 2.93. The van der Waals surface area contributed by atoms with Crippen LogP contribution in [0.25, 0.3) is 0 Å². The lowest BCUT2D eigenvalue weighted by Gasteiger charge is -2.20. The third kappa shape index (κ3) is 2.29. The van der Waals surface area contributed by atoms with E-state index in [4.69, 9.17) is 15.8 Å². The number of hydrogen-bond acceptors (Lipinski definition) is 5. The van der Waals surface area contributed by atoms with E-state index in [1.807, 2.05) is 0 Å². The van der Waals surface area contributed by atoms with Crippen molar-refractivity contribution in [1.82, 2.24) is 5.32 Å². The highest BCUT2D eigenvalue weighted by molar-refractivity contribution is 5.98. The Morgan fingerprint density at radius 1 is 1.20 bits per heavy atom. The van der Waals surface area contributed by atoms with Crippen LogP contribution in [0.1, 0.15) is 15.9 Å². The van der Waals surface area contributed by atoms with Crippen LogP contribution < -0.4 is 10.6 Å². The molecule has 20 heavy (non-hydrogen) atoms. The molecule has 0 saturated heterocycles. The zero-order valence-electron chi connectivity index (χ0n) is 10.4. The third-order valence-electron chi connectivity index (χ3n) is 2.93. The Balaban J connectivity index is 2.47. The van der Waals surface area contributed by atoms with E-state index < -0.39 is 0 Å². The second-order valence-electron chi connectivity index (χ2n) is 4.05. The molecule has 0 radical (unpaired) electrons. The fraction of sp³-hybridized carbons (Fsp3) is 0.143. The summed E-state index contributed by atoms with van der Waals surface area (Å²) >= 11 is 0. The molecule has 0 saturated carbocycles. The molecule has 1 aliphatic heterocycles. The van der Waals surface area contributed by atoms with Crippen LogP contribution in [0.5, 0.6) is 0 Å². The SMILES string of the molecule is N#CC(C#N)=C(C#N)Nc1cccc2c1CCNC2=O. The quantitative estimate of drug-likeness (QED) is 0.778. The van der Waals surface area contributed by atoms with Gasteiger partial charge < -0.3 is 10.6 Å². The first-order chi connectivity index (χ1) is 9.71. The van der Waals surface area contributed by atoms with Crippen LogP contribution in [0.15, 0.2) is 29.5 Å². The number of fused-ring (bicyclic) bond motifs is 1. The van der Waals surface area contributed by atoms with E-state index in [0.717, 1.165) is 5.56 Å². The van der Waals surface area contributed by atoms with E-state index in [-0.39, 0.29) is 17.2 Å². The number of hydrogen-bond donors (Lipinski definition) is 2. The van der Waals surface area contributed by atoms with Gasteiger partial charge in [0.25, 0.3) is 5.91 Å². The number of amides is 1. The standard InChI is InChI=1S/C14H9N5O/c15-6-9(7-16)13(8-17)19-12-3-1-2-11-10(12)4-5-18-14(11)20/h1-3,19H,4-5H2,(H,18,20). The largest absolute Gasteiger partial charge is 0.352 e. The minimum absolute atomic E-state index is 0.116. The number of allylic oxidation sites excluding steroid dienone is 2. The molecule has 2 N–H and O–H groups in total.